The zero-order chi connectivity index (χ0) is 17.2. The lowest BCUT2D eigenvalue weighted by Crippen LogP contribution is -2.18. The van der Waals surface area contributed by atoms with Gasteiger partial charge in [-0.3, -0.25) is 10.00 Å². The molecule has 25 heavy (non-hydrogen) atoms. The van der Waals surface area contributed by atoms with Crippen molar-refractivity contribution in [2.45, 2.75) is 45.8 Å². The van der Waals surface area contributed by atoms with Crippen molar-refractivity contribution < 1.29 is 0 Å². The van der Waals surface area contributed by atoms with Crippen LogP contribution in [0.4, 0.5) is 0 Å². The summed E-state index contributed by atoms with van der Waals surface area (Å²) < 4.78 is 0. The number of hydrogen-bond acceptors (Lipinski definition) is 3. The van der Waals surface area contributed by atoms with Crippen molar-refractivity contribution >= 4 is 10.9 Å². The van der Waals surface area contributed by atoms with Crippen LogP contribution in [0.25, 0.3) is 10.9 Å². The van der Waals surface area contributed by atoms with Gasteiger partial charge in [0.25, 0.3) is 0 Å². The number of aromatic nitrogens is 3. The van der Waals surface area contributed by atoms with E-state index in [9.17, 15) is 0 Å². The summed E-state index contributed by atoms with van der Waals surface area (Å²) >= 11 is 0. The minimum absolute atomic E-state index is 0.284. The summed E-state index contributed by atoms with van der Waals surface area (Å²) in [6.07, 6.45) is 4.59. The van der Waals surface area contributed by atoms with Gasteiger partial charge in [-0.1, -0.05) is 6.07 Å². The number of rotatable bonds is 6. The van der Waals surface area contributed by atoms with Crippen LogP contribution in [-0.2, 0) is 13.1 Å². The lowest BCUT2D eigenvalue weighted by atomic mass is 10.1. The monoisotopic (exact) mass is 337 g/mol. The first kappa shape index (κ1) is 16.4. The molecule has 1 saturated heterocycles. The van der Waals surface area contributed by atoms with Crippen LogP contribution in [0.15, 0.2) is 30.5 Å². The van der Waals surface area contributed by atoms with E-state index in [4.69, 9.17) is 0 Å². The molecule has 132 valence electrons. The van der Waals surface area contributed by atoms with Gasteiger partial charge >= 0.3 is 0 Å². The summed E-state index contributed by atoms with van der Waals surface area (Å²) in [5.74, 6) is 0. The number of H-pyrrole nitrogens is 2. The predicted molar refractivity (Wildman–Crippen MR) is 101 cm³/mol. The molecule has 0 bridgehead atoms. The number of nitrogens with zero attached hydrogens (tertiary/aromatic N) is 2. The van der Waals surface area contributed by atoms with Crippen molar-refractivity contribution in [3.05, 3.63) is 53.0 Å². The third-order valence-corrected chi connectivity index (χ3v) is 5.28. The zero-order valence-corrected chi connectivity index (χ0v) is 15.1. The Kier molecular flexibility index (Phi) is 4.59. The standard InChI is InChI=1S/C20H27N5/c1-14(19-12-22-24-15(19)2)21-11-16-5-6-20-17(9-16)10-18(23-20)13-25-7-3-4-8-25/h5-6,9-10,12,14,21,23H,3-4,7-8,11,13H2,1-2H3,(H,22,24). The maximum Gasteiger partial charge on any atom is 0.0537 e. The first-order valence-electron chi connectivity index (χ1n) is 9.25. The van der Waals surface area contributed by atoms with E-state index in [0.717, 1.165) is 18.8 Å². The Morgan fingerprint density at radius 3 is 2.84 bits per heavy atom. The minimum Gasteiger partial charge on any atom is -0.357 e. The smallest absolute Gasteiger partial charge is 0.0537 e. The fraction of sp³-hybridized carbons (Fsp3) is 0.450. The molecular formula is C20H27N5. The second-order valence-electron chi connectivity index (χ2n) is 7.25. The van der Waals surface area contributed by atoms with Crippen LogP contribution in [0.2, 0.25) is 0 Å². The number of benzene rings is 1. The van der Waals surface area contributed by atoms with Gasteiger partial charge in [0.1, 0.15) is 0 Å². The third kappa shape index (κ3) is 3.62. The van der Waals surface area contributed by atoms with Crippen LogP contribution in [-0.4, -0.2) is 33.2 Å². The Morgan fingerprint density at radius 1 is 1.24 bits per heavy atom. The lowest BCUT2D eigenvalue weighted by molar-refractivity contribution is 0.328. The fourth-order valence-corrected chi connectivity index (χ4v) is 3.80. The van der Waals surface area contributed by atoms with E-state index < -0.39 is 0 Å². The molecule has 3 aromatic rings. The average Bonchev–Trinajstić information content (AvgIpc) is 3.33. The molecular weight excluding hydrogens is 310 g/mol. The molecule has 5 heteroatoms. The van der Waals surface area contributed by atoms with Crippen LogP contribution in [0, 0.1) is 6.92 Å². The van der Waals surface area contributed by atoms with Crippen molar-refractivity contribution in [1.29, 1.82) is 0 Å². The SMILES string of the molecule is Cc1[nH]ncc1C(C)NCc1ccc2[nH]c(CN3CCCC3)cc2c1. The molecule has 0 aliphatic carbocycles. The van der Waals surface area contributed by atoms with Crippen LogP contribution in [0.1, 0.15) is 48.3 Å². The molecule has 3 heterocycles. The summed E-state index contributed by atoms with van der Waals surface area (Å²) in [5.41, 5.74) is 6.23. The van der Waals surface area contributed by atoms with Gasteiger partial charge in [-0.15, -0.1) is 0 Å². The minimum atomic E-state index is 0.284. The maximum absolute atomic E-state index is 4.11. The van der Waals surface area contributed by atoms with Crippen LogP contribution >= 0.6 is 0 Å². The van der Waals surface area contributed by atoms with E-state index in [-0.39, 0.29) is 6.04 Å². The summed E-state index contributed by atoms with van der Waals surface area (Å²) in [7, 11) is 0. The molecule has 2 aromatic heterocycles. The highest BCUT2D eigenvalue weighted by molar-refractivity contribution is 5.81. The highest BCUT2D eigenvalue weighted by Gasteiger charge is 2.13. The van der Waals surface area contributed by atoms with E-state index >= 15 is 0 Å². The van der Waals surface area contributed by atoms with Gasteiger partial charge in [-0.2, -0.15) is 5.10 Å². The summed E-state index contributed by atoms with van der Waals surface area (Å²) in [6, 6.07) is 9.29. The van der Waals surface area contributed by atoms with Gasteiger partial charge in [0.05, 0.1) is 6.20 Å². The largest absolute Gasteiger partial charge is 0.357 e. The normalized spacial score (nSPS) is 16.7. The number of aromatic amines is 2. The Bertz CT molecular complexity index is 841. The second kappa shape index (κ2) is 7.02. The number of aryl methyl sites for hydroxylation is 1. The van der Waals surface area contributed by atoms with Crippen molar-refractivity contribution in [1.82, 2.24) is 25.4 Å². The van der Waals surface area contributed by atoms with E-state index in [2.05, 4.69) is 63.5 Å². The first-order valence-corrected chi connectivity index (χ1v) is 9.25. The molecule has 0 spiro atoms. The molecule has 1 atom stereocenters. The summed E-state index contributed by atoms with van der Waals surface area (Å²) in [6.45, 7) is 8.61. The molecule has 0 saturated carbocycles. The van der Waals surface area contributed by atoms with Crippen molar-refractivity contribution in [3.8, 4) is 0 Å². The quantitative estimate of drug-likeness (QED) is 0.643. The van der Waals surface area contributed by atoms with Crippen LogP contribution in [0.5, 0.6) is 0 Å². The van der Waals surface area contributed by atoms with Gasteiger partial charge < -0.3 is 10.3 Å². The van der Waals surface area contributed by atoms with E-state index in [1.807, 2.05) is 6.20 Å². The number of nitrogens with one attached hydrogen (secondary N) is 3. The molecule has 0 amide bonds. The van der Waals surface area contributed by atoms with Crippen LogP contribution in [0.3, 0.4) is 0 Å². The van der Waals surface area contributed by atoms with Gasteiger partial charge in [0.15, 0.2) is 0 Å². The second-order valence-corrected chi connectivity index (χ2v) is 7.25. The Morgan fingerprint density at radius 2 is 2.08 bits per heavy atom. The van der Waals surface area contributed by atoms with E-state index in [0.29, 0.717) is 0 Å². The number of hydrogen-bond donors (Lipinski definition) is 3. The van der Waals surface area contributed by atoms with E-state index in [1.54, 1.807) is 0 Å². The number of likely N-dealkylation sites (tertiary alicyclic amines) is 1. The first-order chi connectivity index (χ1) is 12.2. The maximum atomic E-state index is 4.11. The average molecular weight is 337 g/mol. The van der Waals surface area contributed by atoms with E-state index in [1.165, 1.54) is 53.7 Å². The van der Waals surface area contributed by atoms with Gasteiger partial charge in [0, 0.05) is 47.0 Å². The molecule has 3 N–H and O–H groups in total. The summed E-state index contributed by atoms with van der Waals surface area (Å²) in [5, 5.41) is 12.0. The Hall–Kier alpha value is -2.11. The molecule has 1 aliphatic rings. The molecule has 4 rings (SSSR count). The fourth-order valence-electron chi connectivity index (χ4n) is 3.80. The molecule has 0 radical (unpaired) electrons. The third-order valence-electron chi connectivity index (χ3n) is 5.28. The molecule has 1 fully saturated rings. The molecule has 1 aromatic carbocycles. The van der Waals surface area contributed by atoms with Gasteiger partial charge in [-0.05, 0) is 63.5 Å². The number of fused-ring (bicyclic) bond motifs is 1. The van der Waals surface area contributed by atoms with Crippen molar-refractivity contribution in [2.75, 3.05) is 13.1 Å². The molecule has 1 aliphatic heterocycles. The predicted octanol–water partition coefficient (Wildman–Crippen LogP) is 3.65. The zero-order valence-electron chi connectivity index (χ0n) is 15.1. The molecule has 5 nitrogen and oxygen atoms in total. The van der Waals surface area contributed by atoms with Gasteiger partial charge in [0.2, 0.25) is 0 Å². The lowest BCUT2D eigenvalue weighted by Gasteiger charge is -2.13. The highest BCUT2D eigenvalue weighted by atomic mass is 15.1. The molecule has 1 unspecified atom stereocenters. The summed E-state index contributed by atoms with van der Waals surface area (Å²) in [4.78, 5) is 6.10. The van der Waals surface area contributed by atoms with Crippen molar-refractivity contribution in [3.63, 3.8) is 0 Å². The highest BCUT2D eigenvalue weighted by Crippen LogP contribution is 2.21. The van der Waals surface area contributed by atoms with Crippen LogP contribution < -0.4 is 5.32 Å². The Labute approximate surface area is 148 Å². The Balaban J connectivity index is 1.42. The van der Waals surface area contributed by atoms with Gasteiger partial charge in [-0.25, -0.2) is 0 Å². The topological polar surface area (TPSA) is 59.7 Å². The van der Waals surface area contributed by atoms with Crippen molar-refractivity contribution in [2.24, 2.45) is 0 Å².